The van der Waals surface area contributed by atoms with E-state index in [0.717, 1.165) is 30.5 Å². The molecular formula is C26H33ClN2O6. The predicted molar refractivity (Wildman–Crippen MR) is 132 cm³/mol. The lowest BCUT2D eigenvalue weighted by atomic mass is 9.82. The van der Waals surface area contributed by atoms with E-state index in [1.165, 1.54) is 0 Å². The highest BCUT2D eigenvalue weighted by Crippen LogP contribution is 2.34. The minimum atomic E-state index is -0.731. The second-order valence-corrected chi connectivity index (χ2v) is 9.15. The van der Waals surface area contributed by atoms with Gasteiger partial charge in [0.05, 0.1) is 30.9 Å². The Morgan fingerprint density at radius 3 is 2.51 bits per heavy atom. The largest absolute Gasteiger partial charge is 0.495 e. The standard InChI is InChI=1S/C26H33ClN2O6/c1-4-19-12-20(23(34-3)14-28-19)24(15-33-2)35-22-10-9-18(11-21(22)27)25(30)29-13-16-5-7-17(8-6-16)26(31)32/h9-12,14,16-17,24H,4-8,13,15H2,1-3H3,(H,29,30)(H,31,32)/t16-,17-,24-/m0/s1. The Bertz CT molecular complexity index is 1020. The molecule has 0 bridgehead atoms. The van der Waals surface area contributed by atoms with Crippen LogP contribution in [-0.4, -0.2) is 49.3 Å². The van der Waals surface area contributed by atoms with Crippen LogP contribution in [0.2, 0.25) is 5.02 Å². The molecule has 1 amide bonds. The van der Waals surface area contributed by atoms with Crippen molar-refractivity contribution in [2.75, 3.05) is 27.4 Å². The van der Waals surface area contributed by atoms with Crippen LogP contribution in [0.3, 0.4) is 0 Å². The summed E-state index contributed by atoms with van der Waals surface area (Å²) in [5.74, 6) is 0.0747. The third-order valence-corrected chi connectivity index (χ3v) is 6.71. The number of halogens is 1. The van der Waals surface area contributed by atoms with Crippen molar-refractivity contribution in [1.82, 2.24) is 10.3 Å². The molecule has 1 atom stereocenters. The van der Waals surface area contributed by atoms with Crippen LogP contribution in [-0.2, 0) is 16.0 Å². The number of carbonyl (C=O) groups is 2. The van der Waals surface area contributed by atoms with Crippen molar-refractivity contribution in [2.45, 2.75) is 45.1 Å². The summed E-state index contributed by atoms with van der Waals surface area (Å²) in [5, 5.41) is 12.4. The van der Waals surface area contributed by atoms with Crippen molar-refractivity contribution in [3.8, 4) is 11.5 Å². The van der Waals surface area contributed by atoms with Gasteiger partial charge in [0.2, 0.25) is 0 Å². The highest BCUT2D eigenvalue weighted by molar-refractivity contribution is 6.32. The highest BCUT2D eigenvalue weighted by Gasteiger charge is 2.26. The Kier molecular flexibility index (Phi) is 9.74. The number of carboxylic acid groups (broad SMARTS) is 1. The minimum Gasteiger partial charge on any atom is -0.495 e. The summed E-state index contributed by atoms with van der Waals surface area (Å²) < 4.78 is 17.0. The molecule has 1 heterocycles. The number of aromatic nitrogens is 1. The monoisotopic (exact) mass is 504 g/mol. The summed E-state index contributed by atoms with van der Waals surface area (Å²) in [7, 11) is 3.17. The predicted octanol–water partition coefficient (Wildman–Crippen LogP) is 4.69. The number of methoxy groups -OCH3 is 2. The number of carbonyl (C=O) groups excluding carboxylic acids is 1. The number of rotatable bonds is 11. The Morgan fingerprint density at radius 2 is 1.91 bits per heavy atom. The average Bonchev–Trinajstić information content (AvgIpc) is 2.87. The molecule has 35 heavy (non-hydrogen) atoms. The van der Waals surface area contributed by atoms with Crippen molar-refractivity contribution < 1.29 is 28.9 Å². The maximum Gasteiger partial charge on any atom is 0.306 e. The fourth-order valence-electron chi connectivity index (χ4n) is 4.30. The van der Waals surface area contributed by atoms with Crippen LogP contribution in [0.15, 0.2) is 30.5 Å². The average molecular weight is 505 g/mol. The number of aryl methyl sites for hydroxylation is 1. The Labute approximate surface area is 210 Å². The molecule has 1 aliphatic carbocycles. The molecule has 2 aromatic rings. The molecule has 190 valence electrons. The molecular weight excluding hydrogens is 472 g/mol. The van der Waals surface area contributed by atoms with E-state index < -0.39 is 12.1 Å². The van der Waals surface area contributed by atoms with Gasteiger partial charge in [0.25, 0.3) is 5.91 Å². The van der Waals surface area contributed by atoms with Gasteiger partial charge in [-0.15, -0.1) is 0 Å². The molecule has 3 rings (SSSR count). The van der Waals surface area contributed by atoms with Gasteiger partial charge in [-0.25, -0.2) is 0 Å². The van der Waals surface area contributed by atoms with Crippen LogP contribution in [0, 0.1) is 11.8 Å². The van der Waals surface area contributed by atoms with E-state index in [1.54, 1.807) is 38.6 Å². The molecule has 0 unspecified atom stereocenters. The van der Waals surface area contributed by atoms with E-state index in [9.17, 15) is 9.59 Å². The van der Waals surface area contributed by atoms with Crippen molar-refractivity contribution in [3.05, 3.63) is 52.3 Å². The quantitative estimate of drug-likeness (QED) is 0.457. The summed E-state index contributed by atoms with van der Waals surface area (Å²) >= 11 is 6.49. The first-order valence-corrected chi connectivity index (χ1v) is 12.2. The zero-order valence-electron chi connectivity index (χ0n) is 20.4. The molecule has 0 spiro atoms. The van der Waals surface area contributed by atoms with Gasteiger partial charge >= 0.3 is 5.97 Å². The minimum absolute atomic E-state index is 0.226. The molecule has 1 aromatic carbocycles. The van der Waals surface area contributed by atoms with Crippen molar-refractivity contribution >= 4 is 23.5 Å². The van der Waals surface area contributed by atoms with Crippen LogP contribution in [0.25, 0.3) is 0 Å². The number of pyridine rings is 1. The number of nitrogens with one attached hydrogen (secondary N) is 1. The number of benzene rings is 1. The summed E-state index contributed by atoms with van der Waals surface area (Å²) in [4.78, 5) is 28.2. The fraction of sp³-hybridized carbons (Fsp3) is 0.500. The molecule has 9 heteroatoms. The normalized spacial score (nSPS) is 18.5. The van der Waals surface area contributed by atoms with Gasteiger partial charge in [0.1, 0.15) is 11.5 Å². The Balaban J connectivity index is 1.65. The molecule has 0 saturated heterocycles. The number of ether oxygens (including phenoxy) is 3. The van der Waals surface area contributed by atoms with Gasteiger partial charge in [-0.2, -0.15) is 0 Å². The van der Waals surface area contributed by atoms with Gasteiger partial charge in [0.15, 0.2) is 6.10 Å². The summed E-state index contributed by atoms with van der Waals surface area (Å²) in [5.41, 5.74) is 2.14. The first-order chi connectivity index (χ1) is 16.9. The lowest BCUT2D eigenvalue weighted by Crippen LogP contribution is -2.32. The first-order valence-electron chi connectivity index (χ1n) is 11.8. The molecule has 1 fully saturated rings. The van der Waals surface area contributed by atoms with E-state index in [1.807, 2.05) is 13.0 Å². The maximum absolute atomic E-state index is 12.7. The molecule has 2 N–H and O–H groups in total. The number of amides is 1. The lowest BCUT2D eigenvalue weighted by molar-refractivity contribution is -0.143. The summed E-state index contributed by atoms with van der Waals surface area (Å²) in [6.07, 6.45) is 4.84. The van der Waals surface area contributed by atoms with Crippen LogP contribution in [0.5, 0.6) is 11.5 Å². The summed E-state index contributed by atoms with van der Waals surface area (Å²) in [6, 6.07) is 6.86. The Hall–Kier alpha value is -2.84. The highest BCUT2D eigenvalue weighted by atomic mass is 35.5. The van der Waals surface area contributed by atoms with E-state index >= 15 is 0 Å². The fourth-order valence-corrected chi connectivity index (χ4v) is 4.53. The smallest absolute Gasteiger partial charge is 0.306 e. The Morgan fingerprint density at radius 1 is 1.17 bits per heavy atom. The lowest BCUT2D eigenvalue weighted by Gasteiger charge is -2.26. The van der Waals surface area contributed by atoms with Crippen LogP contribution in [0.1, 0.15) is 60.3 Å². The van der Waals surface area contributed by atoms with Crippen LogP contribution < -0.4 is 14.8 Å². The SMILES string of the molecule is CCc1cc([C@H](COC)Oc2ccc(C(=O)NC[C@H]3CC[C@H](C(=O)O)CC3)cc2Cl)c(OC)cn1. The van der Waals surface area contributed by atoms with E-state index in [2.05, 4.69) is 10.3 Å². The molecule has 1 aromatic heterocycles. The van der Waals surface area contributed by atoms with Gasteiger partial charge in [0, 0.05) is 30.5 Å². The number of hydrogen-bond donors (Lipinski definition) is 2. The molecule has 0 aliphatic heterocycles. The van der Waals surface area contributed by atoms with Crippen molar-refractivity contribution in [1.29, 1.82) is 0 Å². The topological polar surface area (TPSA) is 107 Å². The number of hydrogen-bond acceptors (Lipinski definition) is 6. The third kappa shape index (κ3) is 7.08. The number of nitrogens with zero attached hydrogens (tertiary/aromatic N) is 1. The number of aliphatic carboxylic acids is 1. The van der Waals surface area contributed by atoms with Crippen LogP contribution in [0.4, 0.5) is 0 Å². The van der Waals surface area contributed by atoms with Crippen molar-refractivity contribution in [2.24, 2.45) is 11.8 Å². The van der Waals surface area contributed by atoms with Crippen LogP contribution >= 0.6 is 11.6 Å². The molecule has 8 nitrogen and oxygen atoms in total. The maximum atomic E-state index is 12.7. The van der Waals surface area contributed by atoms with Crippen molar-refractivity contribution in [3.63, 3.8) is 0 Å². The molecule has 1 saturated carbocycles. The van der Waals surface area contributed by atoms with Gasteiger partial charge in [-0.1, -0.05) is 18.5 Å². The van der Waals surface area contributed by atoms with E-state index in [-0.39, 0.29) is 24.3 Å². The number of carboxylic acids is 1. The molecule has 1 aliphatic rings. The third-order valence-electron chi connectivity index (χ3n) is 6.41. The zero-order valence-corrected chi connectivity index (χ0v) is 21.1. The molecule has 0 radical (unpaired) electrons. The van der Waals surface area contributed by atoms with E-state index in [4.69, 9.17) is 30.9 Å². The summed E-state index contributed by atoms with van der Waals surface area (Å²) in [6.45, 7) is 2.80. The van der Waals surface area contributed by atoms with Gasteiger partial charge in [-0.05, 0) is 62.3 Å². The van der Waals surface area contributed by atoms with E-state index in [0.29, 0.717) is 41.5 Å². The second-order valence-electron chi connectivity index (χ2n) is 8.74. The second kappa shape index (κ2) is 12.7. The van der Waals surface area contributed by atoms with Gasteiger partial charge < -0.3 is 24.6 Å². The van der Waals surface area contributed by atoms with Gasteiger partial charge in [-0.3, -0.25) is 14.6 Å². The first kappa shape index (κ1) is 26.8. The zero-order chi connectivity index (χ0) is 25.4.